The number of ether oxygens (including phenoxy) is 2. The highest BCUT2D eigenvalue weighted by atomic mass is 19.1. The monoisotopic (exact) mass is 440 g/mol. The van der Waals surface area contributed by atoms with Gasteiger partial charge in [0.05, 0.1) is 36.6 Å². The molecular weight excluding hydrogens is 419 g/mol. The molecule has 32 heavy (non-hydrogen) atoms. The van der Waals surface area contributed by atoms with E-state index in [4.69, 9.17) is 4.74 Å². The van der Waals surface area contributed by atoms with Crippen molar-refractivity contribution in [2.75, 3.05) is 25.8 Å². The minimum atomic E-state index is -1.19. The average Bonchev–Trinajstić information content (AvgIpc) is 3.09. The van der Waals surface area contributed by atoms with Gasteiger partial charge in [-0.15, -0.1) is 0 Å². The molecule has 1 aliphatic heterocycles. The SMILES string of the molecule is COCC1=NN(c2ccc(F)cc2)C(=O)C1C/C(=C/c1ccc(C(=O)OC)cc1)C(=O)O. The second-order valence-corrected chi connectivity index (χ2v) is 7.00. The van der Waals surface area contributed by atoms with Gasteiger partial charge in [0.2, 0.25) is 0 Å². The van der Waals surface area contributed by atoms with E-state index in [1.165, 1.54) is 56.7 Å². The zero-order valence-electron chi connectivity index (χ0n) is 17.4. The van der Waals surface area contributed by atoms with Crippen molar-refractivity contribution < 1.29 is 33.4 Å². The third kappa shape index (κ3) is 5.06. The Balaban J connectivity index is 1.87. The summed E-state index contributed by atoms with van der Waals surface area (Å²) in [5.41, 5.74) is 1.60. The molecule has 2 aromatic carbocycles. The number of hydrogen-bond donors (Lipinski definition) is 1. The van der Waals surface area contributed by atoms with E-state index >= 15 is 0 Å². The maximum absolute atomic E-state index is 13.2. The van der Waals surface area contributed by atoms with E-state index in [9.17, 15) is 23.9 Å². The molecular formula is C23H21FN2O6. The van der Waals surface area contributed by atoms with Gasteiger partial charge in [0.25, 0.3) is 5.91 Å². The largest absolute Gasteiger partial charge is 0.478 e. The van der Waals surface area contributed by atoms with E-state index in [0.717, 1.165) is 5.01 Å². The third-order valence-corrected chi connectivity index (χ3v) is 4.87. The van der Waals surface area contributed by atoms with E-state index in [0.29, 0.717) is 22.5 Å². The number of hydrazone groups is 1. The Bertz CT molecular complexity index is 1080. The number of rotatable bonds is 8. The predicted octanol–water partition coefficient (Wildman–Crippen LogP) is 3.14. The number of methoxy groups -OCH3 is 2. The van der Waals surface area contributed by atoms with Crippen LogP contribution in [0.4, 0.5) is 10.1 Å². The molecule has 0 radical (unpaired) electrons. The Morgan fingerprint density at radius 1 is 1.12 bits per heavy atom. The molecule has 0 bridgehead atoms. The van der Waals surface area contributed by atoms with E-state index in [-0.39, 0.29) is 18.6 Å². The summed E-state index contributed by atoms with van der Waals surface area (Å²) in [6.07, 6.45) is 1.31. The molecule has 0 aliphatic carbocycles. The fourth-order valence-corrected chi connectivity index (χ4v) is 3.25. The maximum Gasteiger partial charge on any atom is 0.337 e. The topological polar surface area (TPSA) is 106 Å². The van der Waals surface area contributed by atoms with Gasteiger partial charge < -0.3 is 14.6 Å². The van der Waals surface area contributed by atoms with Crippen LogP contribution < -0.4 is 5.01 Å². The molecule has 0 saturated carbocycles. The highest BCUT2D eigenvalue weighted by Gasteiger charge is 2.37. The lowest BCUT2D eigenvalue weighted by molar-refractivity contribution is -0.132. The summed E-state index contributed by atoms with van der Waals surface area (Å²) in [6, 6.07) is 11.5. The lowest BCUT2D eigenvalue weighted by Crippen LogP contribution is -2.29. The second kappa shape index (κ2) is 9.97. The van der Waals surface area contributed by atoms with E-state index in [2.05, 4.69) is 9.84 Å². The molecule has 0 aromatic heterocycles. The van der Waals surface area contributed by atoms with Crippen molar-refractivity contribution in [3.63, 3.8) is 0 Å². The fraction of sp³-hybridized carbons (Fsp3) is 0.217. The minimum absolute atomic E-state index is 0.0149. The maximum atomic E-state index is 13.2. The number of halogens is 1. The number of nitrogens with zero attached hydrogens (tertiary/aromatic N) is 2. The molecule has 8 nitrogen and oxygen atoms in total. The summed E-state index contributed by atoms with van der Waals surface area (Å²) in [6.45, 7) is 0.0365. The summed E-state index contributed by atoms with van der Waals surface area (Å²) < 4.78 is 23.0. The minimum Gasteiger partial charge on any atom is -0.478 e. The second-order valence-electron chi connectivity index (χ2n) is 7.00. The van der Waals surface area contributed by atoms with Crippen LogP contribution in [0.1, 0.15) is 22.3 Å². The average molecular weight is 440 g/mol. The van der Waals surface area contributed by atoms with Crippen molar-refractivity contribution in [3.8, 4) is 0 Å². The van der Waals surface area contributed by atoms with Crippen molar-refractivity contribution >= 4 is 35.3 Å². The lowest BCUT2D eigenvalue weighted by atomic mass is 9.93. The van der Waals surface area contributed by atoms with Crippen LogP contribution in [0.3, 0.4) is 0 Å². The van der Waals surface area contributed by atoms with E-state index < -0.39 is 29.6 Å². The van der Waals surface area contributed by atoms with Gasteiger partial charge in [-0.25, -0.2) is 19.0 Å². The number of hydrogen-bond acceptors (Lipinski definition) is 6. The fourth-order valence-electron chi connectivity index (χ4n) is 3.25. The summed E-state index contributed by atoms with van der Waals surface area (Å²) in [7, 11) is 2.72. The molecule has 0 saturated heterocycles. The van der Waals surface area contributed by atoms with Gasteiger partial charge in [0, 0.05) is 12.7 Å². The van der Waals surface area contributed by atoms with Crippen molar-refractivity contribution in [1.29, 1.82) is 0 Å². The van der Waals surface area contributed by atoms with E-state index in [1.807, 2.05) is 0 Å². The number of carboxylic acids is 1. The summed E-state index contributed by atoms with van der Waals surface area (Å²) >= 11 is 0. The number of carbonyl (C=O) groups excluding carboxylic acids is 2. The normalized spacial score (nSPS) is 16.2. The van der Waals surface area contributed by atoms with Crippen molar-refractivity contribution in [3.05, 3.63) is 71.0 Å². The van der Waals surface area contributed by atoms with Crippen LogP contribution in [0, 0.1) is 11.7 Å². The lowest BCUT2D eigenvalue weighted by Gasteiger charge is -2.15. The summed E-state index contributed by atoms with van der Waals surface area (Å²) in [5, 5.41) is 15.1. The number of anilines is 1. The van der Waals surface area contributed by atoms with Crippen LogP contribution in [0.2, 0.25) is 0 Å². The van der Waals surface area contributed by atoms with Crippen molar-refractivity contribution in [2.45, 2.75) is 6.42 Å². The summed E-state index contributed by atoms with van der Waals surface area (Å²) in [4.78, 5) is 36.5. The Labute approximate surface area is 183 Å². The summed E-state index contributed by atoms with van der Waals surface area (Å²) in [5.74, 6) is -3.43. The zero-order valence-corrected chi connectivity index (χ0v) is 17.4. The first-order valence-corrected chi connectivity index (χ1v) is 9.62. The molecule has 1 aliphatic rings. The first-order valence-electron chi connectivity index (χ1n) is 9.62. The predicted molar refractivity (Wildman–Crippen MR) is 115 cm³/mol. The number of aliphatic carboxylic acids is 1. The molecule has 2 aromatic rings. The molecule has 9 heteroatoms. The van der Waals surface area contributed by atoms with Gasteiger partial charge in [-0.2, -0.15) is 5.10 Å². The van der Waals surface area contributed by atoms with Gasteiger partial charge in [-0.05, 0) is 54.5 Å². The molecule has 1 N–H and O–H groups in total. The standard InChI is InChI=1S/C23H21FN2O6/c1-31-13-20-19(21(27)26(25-20)18-9-7-17(24)8-10-18)12-16(22(28)29)11-14-3-5-15(6-4-14)23(30)32-2/h3-11,19H,12-13H2,1-2H3,(H,28,29)/b16-11-. The van der Waals surface area contributed by atoms with Crippen LogP contribution >= 0.6 is 0 Å². The number of carboxylic acid groups (broad SMARTS) is 1. The number of amides is 1. The molecule has 166 valence electrons. The van der Waals surface area contributed by atoms with Gasteiger partial charge in [0.1, 0.15) is 5.82 Å². The highest BCUT2D eigenvalue weighted by molar-refractivity contribution is 6.16. The Kier molecular flexibility index (Phi) is 7.11. The zero-order chi connectivity index (χ0) is 23.3. The quantitative estimate of drug-likeness (QED) is 0.499. The van der Waals surface area contributed by atoms with Crippen molar-refractivity contribution in [1.82, 2.24) is 0 Å². The molecule has 1 atom stereocenters. The van der Waals surface area contributed by atoms with Gasteiger partial charge in [-0.3, -0.25) is 4.79 Å². The number of carbonyl (C=O) groups is 3. The molecule has 1 heterocycles. The van der Waals surface area contributed by atoms with Crippen LogP contribution in [0.25, 0.3) is 6.08 Å². The molecule has 0 spiro atoms. The Morgan fingerprint density at radius 3 is 2.34 bits per heavy atom. The van der Waals surface area contributed by atoms with Crippen LogP contribution in [0.15, 0.2) is 59.2 Å². The molecule has 1 unspecified atom stereocenters. The van der Waals surface area contributed by atoms with Crippen molar-refractivity contribution in [2.24, 2.45) is 11.0 Å². The molecule has 0 fully saturated rings. The molecule has 3 rings (SSSR count). The third-order valence-electron chi connectivity index (χ3n) is 4.87. The van der Waals surface area contributed by atoms with Gasteiger partial charge in [-0.1, -0.05) is 12.1 Å². The van der Waals surface area contributed by atoms with Gasteiger partial charge >= 0.3 is 11.9 Å². The number of benzene rings is 2. The van der Waals surface area contributed by atoms with E-state index in [1.54, 1.807) is 12.1 Å². The highest BCUT2D eigenvalue weighted by Crippen LogP contribution is 2.29. The Hall–Kier alpha value is -3.85. The first-order chi connectivity index (χ1) is 15.3. The van der Waals surface area contributed by atoms with Crippen LogP contribution in [-0.2, 0) is 19.1 Å². The van der Waals surface area contributed by atoms with Gasteiger partial charge in [0.15, 0.2) is 0 Å². The van der Waals surface area contributed by atoms with Crippen LogP contribution in [-0.4, -0.2) is 49.5 Å². The van der Waals surface area contributed by atoms with Crippen LogP contribution in [0.5, 0.6) is 0 Å². The Morgan fingerprint density at radius 2 is 1.78 bits per heavy atom. The smallest absolute Gasteiger partial charge is 0.337 e. The first kappa shape index (κ1) is 22.8. The molecule has 1 amide bonds. The number of esters is 1.